The van der Waals surface area contributed by atoms with Crippen molar-refractivity contribution in [3.8, 4) is 22.6 Å². The summed E-state index contributed by atoms with van der Waals surface area (Å²) in [5.74, 6) is 2.21. The number of benzene rings is 3. The summed E-state index contributed by atoms with van der Waals surface area (Å²) in [6.07, 6.45) is 6.50. The van der Waals surface area contributed by atoms with E-state index >= 15 is 0 Å². The summed E-state index contributed by atoms with van der Waals surface area (Å²) < 4.78 is 32.5. The number of nitrogens with zero attached hydrogens (tertiary/aromatic N) is 1. The predicted octanol–water partition coefficient (Wildman–Crippen LogP) is 6.90. The molecule has 0 amide bonds. The van der Waals surface area contributed by atoms with E-state index in [1.54, 1.807) is 6.07 Å². The van der Waals surface area contributed by atoms with Gasteiger partial charge in [0.1, 0.15) is 5.69 Å². The molecule has 4 aromatic rings. The molecule has 5 nitrogen and oxygen atoms in total. The molecule has 1 aromatic heterocycles. The molecule has 1 heterocycles. The van der Waals surface area contributed by atoms with Crippen LogP contribution < -0.4 is 4.72 Å². The summed E-state index contributed by atoms with van der Waals surface area (Å²) in [6.45, 7) is 0. The number of sulfonamides is 1. The normalized spacial score (nSPS) is 18.3. The van der Waals surface area contributed by atoms with E-state index in [0.717, 1.165) is 59.7 Å². The van der Waals surface area contributed by atoms with Crippen molar-refractivity contribution in [2.75, 3.05) is 11.0 Å². The van der Waals surface area contributed by atoms with Crippen LogP contribution in [0, 0.1) is 5.92 Å². The fourth-order valence-electron chi connectivity index (χ4n) is 5.13. The van der Waals surface area contributed by atoms with Crippen LogP contribution in [0.15, 0.2) is 89.3 Å². The first-order valence-electron chi connectivity index (χ1n) is 12.1. The van der Waals surface area contributed by atoms with Crippen molar-refractivity contribution in [2.45, 2.75) is 38.0 Å². The summed E-state index contributed by atoms with van der Waals surface area (Å²) in [5, 5.41) is 0. The molecular formula is C29H30N2O3S. The third-order valence-electron chi connectivity index (χ3n) is 6.68. The highest BCUT2D eigenvalue weighted by Gasteiger charge is 2.32. The van der Waals surface area contributed by atoms with E-state index < -0.39 is 10.0 Å². The van der Waals surface area contributed by atoms with Crippen LogP contribution in [0.5, 0.6) is 0 Å². The topological polar surface area (TPSA) is 72.2 Å². The van der Waals surface area contributed by atoms with Gasteiger partial charge in [-0.25, -0.2) is 13.4 Å². The van der Waals surface area contributed by atoms with Gasteiger partial charge in [-0.15, -0.1) is 0 Å². The van der Waals surface area contributed by atoms with E-state index in [1.165, 1.54) is 12.7 Å². The Labute approximate surface area is 207 Å². The average Bonchev–Trinajstić information content (AvgIpc) is 3.30. The molecule has 1 saturated carbocycles. The van der Waals surface area contributed by atoms with Gasteiger partial charge in [-0.05, 0) is 42.9 Å². The van der Waals surface area contributed by atoms with Crippen LogP contribution in [-0.4, -0.2) is 19.7 Å². The first-order valence-corrected chi connectivity index (χ1v) is 14.0. The second-order valence-corrected chi connectivity index (χ2v) is 11.1. The van der Waals surface area contributed by atoms with Gasteiger partial charge < -0.3 is 4.42 Å². The van der Waals surface area contributed by atoms with E-state index in [0.29, 0.717) is 11.6 Å². The Morgan fingerprint density at radius 3 is 2.29 bits per heavy atom. The molecule has 1 N–H and O–H groups in total. The number of hydrogen-bond acceptors (Lipinski definition) is 4. The van der Waals surface area contributed by atoms with Crippen molar-refractivity contribution in [1.82, 2.24) is 4.98 Å². The second-order valence-electron chi connectivity index (χ2n) is 9.39. The van der Waals surface area contributed by atoms with Crippen LogP contribution in [0.4, 0.5) is 5.69 Å². The average molecular weight is 487 g/mol. The Kier molecular flexibility index (Phi) is 6.73. The maximum Gasteiger partial charge on any atom is 0.229 e. The Bertz CT molecular complexity index is 1320. The lowest BCUT2D eigenvalue weighted by molar-refractivity contribution is 0.265. The maximum absolute atomic E-state index is 11.7. The van der Waals surface area contributed by atoms with E-state index in [9.17, 15) is 8.42 Å². The van der Waals surface area contributed by atoms with Gasteiger partial charge in [-0.3, -0.25) is 4.72 Å². The number of nitrogens with one attached hydrogen (secondary N) is 1. The smallest absolute Gasteiger partial charge is 0.229 e. The summed E-state index contributed by atoms with van der Waals surface area (Å²) in [6, 6.07) is 28.1. The minimum Gasteiger partial charge on any atom is -0.440 e. The number of oxazole rings is 1. The highest BCUT2D eigenvalue weighted by Crippen LogP contribution is 2.43. The van der Waals surface area contributed by atoms with Gasteiger partial charge >= 0.3 is 0 Å². The third kappa shape index (κ3) is 5.65. The van der Waals surface area contributed by atoms with Crippen molar-refractivity contribution >= 4 is 15.7 Å². The Morgan fingerprint density at radius 2 is 1.57 bits per heavy atom. The minimum absolute atomic E-state index is 0.218. The Hall–Kier alpha value is -3.38. The molecule has 3 aromatic carbocycles. The van der Waals surface area contributed by atoms with Crippen molar-refractivity contribution in [2.24, 2.45) is 5.92 Å². The first kappa shape index (κ1) is 23.4. The van der Waals surface area contributed by atoms with Gasteiger partial charge in [0, 0.05) is 22.7 Å². The summed E-state index contributed by atoms with van der Waals surface area (Å²) in [5.41, 5.74) is 4.68. The molecule has 1 aliphatic rings. The largest absolute Gasteiger partial charge is 0.440 e. The van der Waals surface area contributed by atoms with Crippen molar-refractivity contribution in [1.29, 1.82) is 0 Å². The molecular weight excluding hydrogens is 456 g/mol. The van der Waals surface area contributed by atoms with Crippen molar-refractivity contribution in [3.05, 3.63) is 96.4 Å². The van der Waals surface area contributed by atoms with E-state index in [1.807, 2.05) is 48.5 Å². The molecule has 0 aliphatic heterocycles. The van der Waals surface area contributed by atoms with Crippen LogP contribution in [0.1, 0.15) is 43.1 Å². The second kappa shape index (κ2) is 10.1. The zero-order valence-electron chi connectivity index (χ0n) is 19.9. The number of rotatable bonds is 7. The quantitative estimate of drug-likeness (QED) is 0.308. The minimum atomic E-state index is -3.31. The van der Waals surface area contributed by atoms with E-state index in [4.69, 9.17) is 9.40 Å². The van der Waals surface area contributed by atoms with Gasteiger partial charge in [0.25, 0.3) is 0 Å². The monoisotopic (exact) mass is 486 g/mol. The first-order chi connectivity index (χ1) is 17.0. The highest BCUT2D eigenvalue weighted by atomic mass is 32.2. The standard InChI is InChI=1S/C29H30N2O3S/c1-35(32,33)31-25-17-10-11-21(20-25)19-24-16-8-9-18-26(24)29-30-27(22-12-4-2-5-13-22)28(34-29)23-14-6-3-7-15-23/h2-7,10-15,17,20,24,26,31H,8-9,16,18-19H2,1H3/t24?,26-/m0/s1. The molecule has 1 fully saturated rings. The zero-order valence-corrected chi connectivity index (χ0v) is 20.7. The van der Waals surface area contributed by atoms with Gasteiger partial charge in [-0.1, -0.05) is 85.6 Å². The van der Waals surface area contributed by atoms with Crippen LogP contribution in [0.2, 0.25) is 0 Å². The van der Waals surface area contributed by atoms with Gasteiger partial charge in [-0.2, -0.15) is 0 Å². The maximum atomic E-state index is 11.7. The molecule has 0 bridgehead atoms. The van der Waals surface area contributed by atoms with Crippen LogP contribution >= 0.6 is 0 Å². The molecule has 1 unspecified atom stereocenters. The SMILES string of the molecule is CS(=O)(=O)Nc1cccc(CC2CCCC[C@@H]2c2nc(-c3ccccc3)c(-c3ccccc3)o2)c1. The molecule has 35 heavy (non-hydrogen) atoms. The van der Waals surface area contributed by atoms with E-state index in [-0.39, 0.29) is 5.92 Å². The lowest BCUT2D eigenvalue weighted by atomic mass is 9.76. The fourth-order valence-corrected chi connectivity index (χ4v) is 5.68. The van der Waals surface area contributed by atoms with Crippen LogP contribution in [0.3, 0.4) is 0 Å². The molecule has 5 rings (SSSR count). The zero-order chi connectivity index (χ0) is 24.3. The lowest BCUT2D eigenvalue weighted by Gasteiger charge is -2.29. The highest BCUT2D eigenvalue weighted by molar-refractivity contribution is 7.92. The molecule has 0 saturated heterocycles. The number of anilines is 1. The number of hydrogen-bond donors (Lipinski definition) is 1. The van der Waals surface area contributed by atoms with Crippen LogP contribution in [-0.2, 0) is 16.4 Å². The molecule has 180 valence electrons. The Balaban J connectivity index is 1.48. The number of aromatic nitrogens is 1. The molecule has 0 radical (unpaired) electrons. The molecule has 6 heteroatoms. The predicted molar refractivity (Wildman–Crippen MR) is 141 cm³/mol. The van der Waals surface area contributed by atoms with Crippen LogP contribution in [0.25, 0.3) is 22.6 Å². The molecule has 2 atom stereocenters. The lowest BCUT2D eigenvalue weighted by Crippen LogP contribution is -2.20. The fraction of sp³-hybridized carbons (Fsp3) is 0.276. The summed E-state index contributed by atoms with van der Waals surface area (Å²) in [4.78, 5) is 5.08. The van der Waals surface area contributed by atoms with Gasteiger partial charge in [0.2, 0.25) is 10.0 Å². The third-order valence-corrected chi connectivity index (χ3v) is 7.29. The van der Waals surface area contributed by atoms with Crippen molar-refractivity contribution < 1.29 is 12.8 Å². The van der Waals surface area contributed by atoms with Gasteiger partial charge in [0.05, 0.1) is 6.26 Å². The van der Waals surface area contributed by atoms with E-state index in [2.05, 4.69) is 35.1 Å². The summed E-state index contributed by atoms with van der Waals surface area (Å²) in [7, 11) is -3.31. The molecule has 0 spiro atoms. The van der Waals surface area contributed by atoms with Crippen molar-refractivity contribution in [3.63, 3.8) is 0 Å². The Morgan fingerprint density at radius 1 is 0.886 bits per heavy atom. The summed E-state index contributed by atoms with van der Waals surface area (Å²) >= 11 is 0. The molecule has 1 aliphatic carbocycles. The van der Waals surface area contributed by atoms with Gasteiger partial charge in [0.15, 0.2) is 11.7 Å².